The molecule has 0 aromatic carbocycles. The van der Waals surface area contributed by atoms with Crippen LogP contribution in [0.3, 0.4) is 0 Å². The Kier molecular flexibility index (Phi) is 5.39. The second-order valence-electron chi connectivity index (χ2n) is 6.67. The van der Waals surface area contributed by atoms with Gasteiger partial charge in [0, 0.05) is 12.5 Å². The molecule has 2 aliphatic carbocycles. The second-order valence-corrected chi connectivity index (χ2v) is 7.98. The van der Waals surface area contributed by atoms with Crippen LogP contribution in [0.4, 0.5) is 0 Å². The van der Waals surface area contributed by atoms with Crippen molar-refractivity contribution in [2.24, 2.45) is 5.92 Å². The fourth-order valence-electron chi connectivity index (χ4n) is 3.51. The van der Waals surface area contributed by atoms with Gasteiger partial charge in [0.25, 0.3) is 0 Å². The summed E-state index contributed by atoms with van der Waals surface area (Å²) in [6, 6.07) is 0.376. The molecule has 2 N–H and O–H groups in total. The number of nitrogens with one attached hydrogen (secondary N) is 2. The van der Waals surface area contributed by atoms with E-state index in [4.69, 9.17) is 0 Å². The first-order valence-corrected chi connectivity index (χ1v) is 9.47. The van der Waals surface area contributed by atoms with E-state index in [1.807, 2.05) is 6.92 Å². The van der Waals surface area contributed by atoms with Crippen LogP contribution in [0.15, 0.2) is 5.16 Å². The molecule has 0 spiro atoms. The van der Waals surface area contributed by atoms with E-state index < -0.39 is 0 Å². The number of carbonyl (C=O) groups excluding carboxylic acids is 1. The number of aromatic amines is 1. The van der Waals surface area contributed by atoms with E-state index in [-0.39, 0.29) is 11.2 Å². The summed E-state index contributed by atoms with van der Waals surface area (Å²) in [5.74, 6) is 1.84. The third kappa shape index (κ3) is 4.24. The topological polar surface area (TPSA) is 70.7 Å². The highest BCUT2D eigenvalue weighted by atomic mass is 32.2. The molecular formula is C16H26N4OS. The Labute approximate surface area is 136 Å². The van der Waals surface area contributed by atoms with E-state index in [0.717, 1.165) is 31.0 Å². The number of thioether (sulfide) groups is 1. The zero-order valence-electron chi connectivity index (χ0n) is 13.3. The van der Waals surface area contributed by atoms with Gasteiger partial charge in [-0.05, 0) is 25.7 Å². The van der Waals surface area contributed by atoms with Gasteiger partial charge in [-0.3, -0.25) is 9.89 Å². The van der Waals surface area contributed by atoms with Gasteiger partial charge in [0.1, 0.15) is 5.82 Å². The van der Waals surface area contributed by atoms with Crippen molar-refractivity contribution in [2.75, 3.05) is 0 Å². The highest BCUT2D eigenvalue weighted by Crippen LogP contribution is 2.28. The maximum absolute atomic E-state index is 12.2. The number of carbonyl (C=O) groups is 1. The van der Waals surface area contributed by atoms with E-state index in [1.165, 1.54) is 50.3 Å². The molecule has 2 aliphatic rings. The van der Waals surface area contributed by atoms with E-state index in [0.29, 0.717) is 11.2 Å². The van der Waals surface area contributed by atoms with Crippen molar-refractivity contribution in [1.82, 2.24) is 20.5 Å². The fraction of sp³-hybridized carbons (Fsp3) is 0.812. The highest BCUT2D eigenvalue weighted by molar-refractivity contribution is 8.00. The first-order valence-electron chi connectivity index (χ1n) is 8.59. The van der Waals surface area contributed by atoms with Crippen molar-refractivity contribution in [3.05, 3.63) is 5.82 Å². The molecule has 1 atom stereocenters. The van der Waals surface area contributed by atoms with Gasteiger partial charge in [-0.1, -0.05) is 50.3 Å². The van der Waals surface area contributed by atoms with Gasteiger partial charge < -0.3 is 5.32 Å². The van der Waals surface area contributed by atoms with Crippen LogP contribution in [0.2, 0.25) is 0 Å². The zero-order valence-corrected chi connectivity index (χ0v) is 14.1. The molecule has 6 heteroatoms. The third-order valence-corrected chi connectivity index (χ3v) is 5.78. The van der Waals surface area contributed by atoms with Gasteiger partial charge in [-0.2, -0.15) is 0 Å². The van der Waals surface area contributed by atoms with Gasteiger partial charge in [-0.15, -0.1) is 5.10 Å². The lowest BCUT2D eigenvalue weighted by molar-refractivity contribution is -0.120. The van der Waals surface area contributed by atoms with Crippen LogP contribution in [0.25, 0.3) is 0 Å². The van der Waals surface area contributed by atoms with E-state index in [9.17, 15) is 4.79 Å². The lowest BCUT2D eigenvalue weighted by atomic mass is 10.0. The summed E-state index contributed by atoms with van der Waals surface area (Å²) in [6.07, 6.45) is 11.0. The molecule has 1 unspecified atom stereocenters. The van der Waals surface area contributed by atoms with Crippen molar-refractivity contribution in [3.63, 3.8) is 0 Å². The van der Waals surface area contributed by atoms with Crippen molar-refractivity contribution in [1.29, 1.82) is 0 Å². The molecule has 2 fully saturated rings. The third-order valence-electron chi connectivity index (χ3n) is 4.82. The van der Waals surface area contributed by atoms with Crippen LogP contribution in [0.1, 0.15) is 64.1 Å². The van der Waals surface area contributed by atoms with Crippen LogP contribution in [-0.4, -0.2) is 32.4 Å². The van der Waals surface area contributed by atoms with Gasteiger partial charge in [0.15, 0.2) is 0 Å². The van der Waals surface area contributed by atoms with Gasteiger partial charge in [0.05, 0.1) is 5.25 Å². The Hall–Kier alpha value is -1.04. The molecular weight excluding hydrogens is 296 g/mol. The molecule has 1 amide bonds. The number of hydrogen-bond acceptors (Lipinski definition) is 4. The molecule has 3 rings (SSSR count). The number of H-pyrrole nitrogens is 1. The van der Waals surface area contributed by atoms with Gasteiger partial charge in [-0.25, -0.2) is 4.98 Å². The van der Waals surface area contributed by atoms with Gasteiger partial charge >= 0.3 is 0 Å². The number of hydrogen-bond donors (Lipinski definition) is 2. The molecule has 122 valence electrons. The number of nitrogens with zero attached hydrogens (tertiary/aromatic N) is 2. The lowest BCUT2D eigenvalue weighted by Crippen LogP contribution is -2.37. The monoisotopic (exact) mass is 322 g/mol. The summed E-state index contributed by atoms with van der Waals surface area (Å²) in [6.45, 7) is 1.93. The smallest absolute Gasteiger partial charge is 0.233 e. The molecule has 1 aromatic heterocycles. The first kappa shape index (κ1) is 15.8. The van der Waals surface area contributed by atoms with Crippen LogP contribution in [0, 0.1) is 5.92 Å². The molecule has 2 saturated carbocycles. The molecule has 22 heavy (non-hydrogen) atoms. The standard InChI is InChI=1S/C16H26N4OS/c1-11(15(21)17-13-8-4-5-9-13)22-16-18-14(19-20-16)10-12-6-2-3-7-12/h11-13H,2-10H2,1H3,(H,17,21)(H,18,19,20). The SMILES string of the molecule is CC(Sc1n[nH]c(CC2CCCC2)n1)C(=O)NC1CCCC1. The van der Waals surface area contributed by atoms with E-state index >= 15 is 0 Å². The Bertz CT molecular complexity index is 492. The average molecular weight is 322 g/mol. The maximum Gasteiger partial charge on any atom is 0.233 e. The molecule has 0 bridgehead atoms. The molecule has 5 nitrogen and oxygen atoms in total. The summed E-state index contributed by atoms with van der Waals surface area (Å²) in [5, 5.41) is 11.0. The van der Waals surface area contributed by atoms with Crippen LogP contribution >= 0.6 is 11.8 Å². The quantitative estimate of drug-likeness (QED) is 0.790. The van der Waals surface area contributed by atoms with Crippen molar-refractivity contribution in [3.8, 4) is 0 Å². The molecule has 1 heterocycles. The van der Waals surface area contributed by atoms with Crippen molar-refractivity contribution in [2.45, 2.75) is 81.2 Å². The minimum atomic E-state index is -0.143. The largest absolute Gasteiger partial charge is 0.352 e. The number of amides is 1. The normalized spacial score (nSPS) is 21.3. The Morgan fingerprint density at radius 1 is 1.27 bits per heavy atom. The summed E-state index contributed by atoms with van der Waals surface area (Å²) >= 11 is 1.45. The predicted molar refractivity (Wildman–Crippen MR) is 87.8 cm³/mol. The fourth-order valence-corrected chi connectivity index (χ4v) is 4.26. The van der Waals surface area contributed by atoms with Crippen LogP contribution in [-0.2, 0) is 11.2 Å². The highest BCUT2D eigenvalue weighted by Gasteiger charge is 2.23. The summed E-state index contributed by atoms with van der Waals surface area (Å²) in [7, 11) is 0. The number of rotatable bonds is 6. The molecule has 1 aromatic rings. The molecule has 0 aliphatic heterocycles. The Morgan fingerprint density at radius 3 is 2.68 bits per heavy atom. The van der Waals surface area contributed by atoms with Crippen LogP contribution < -0.4 is 5.32 Å². The van der Waals surface area contributed by atoms with Crippen LogP contribution in [0.5, 0.6) is 0 Å². The summed E-state index contributed by atoms with van der Waals surface area (Å²) in [5.41, 5.74) is 0. The Morgan fingerprint density at radius 2 is 1.95 bits per heavy atom. The number of aromatic nitrogens is 3. The average Bonchev–Trinajstić information content (AvgIpc) is 3.22. The molecule has 0 saturated heterocycles. The first-order chi connectivity index (χ1) is 10.7. The second kappa shape index (κ2) is 7.49. The van der Waals surface area contributed by atoms with E-state index in [2.05, 4.69) is 20.5 Å². The van der Waals surface area contributed by atoms with Gasteiger partial charge in [0.2, 0.25) is 11.1 Å². The summed E-state index contributed by atoms with van der Waals surface area (Å²) in [4.78, 5) is 16.7. The molecule has 0 radical (unpaired) electrons. The minimum absolute atomic E-state index is 0.110. The van der Waals surface area contributed by atoms with Crippen molar-refractivity contribution >= 4 is 17.7 Å². The zero-order chi connectivity index (χ0) is 15.4. The lowest BCUT2D eigenvalue weighted by Gasteiger charge is -2.15. The Balaban J connectivity index is 1.47. The predicted octanol–water partition coefficient (Wildman–Crippen LogP) is 3.08. The van der Waals surface area contributed by atoms with E-state index in [1.54, 1.807) is 0 Å². The van der Waals surface area contributed by atoms with Crippen molar-refractivity contribution < 1.29 is 4.79 Å². The minimum Gasteiger partial charge on any atom is -0.352 e. The maximum atomic E-state index is 12.2. The summed E-state index contributed by atoms with van der Waals surface area (Å²) < 4.78 is 0.